The zero-order valence-corrected chi connectivity index (χ0v) is 9.73. The van der Waals surface area contributed by atoms with Gasteiger partial charge >= 0.3 is 0 Å². The van der Waals surface area contributed by atoms with Gasteiger partial charge in [0.1, 0.15) is 5.60 Å². The maximum Gasteiger partial charge on any atom is 0.106 e. The maximum absolute atomic E-state index is 5.81. The number of aryl methyl sites for hydroxylation is 1. The average Bonchev–Trinajstić information content (AvgIpc) is 2.32. The molecule has 3 heteroatoms. The summed E-state index contributed by atoms with van der Waals surface area (Å²) in [5.74, 6) is 0. The van der Waals surface area contributed by atoms with Crippen LogP contribution in [0.4, 0.5) is 0 Å². The van der Waals surface area contributed by atoms with E-state index in [1.807, 2.05) is 19.4 Å². The quantitative estimate of drug-likeness (QED) is 0.746. The molecular formula is C10H17NOS. The molecule has 0 aliphatic carbocycles. The molecule has 0 aliphatic rings. The molecule has 0 fully saturated rings. The van der Waals surface area contributed by atoms with Crippen LogP contribution in [0.3, 0.4) is 0 Å². The molecule has 1 heterocycles. The Morgan fingerprint density at radius 1 is 1.46 bits per heavy atom. The first kappa shape index (κ1) is 10.7. The van der Waals surface area contributed by atoms with E-state index < -0.39 is 0 Å². The second-order valence-electron chi connectivity index (χ2n) is 3.93. The van der Waals surface area contributed by atoms with Crippen LogP contribution in [-0.2, 0) is 10.3 Å². The van der Waals surface area contributed by atoms with Gasteiger partial charge in [-0.25, -0.2) is 4.98 Å². The fourth-order valence-electron chi connectivity index (χ4n) is 1.53. The summed E-state index contributed by atoms with van der Waals surface area (Å²) >= 11 is 1.67. The molecule has 0 aromatic carbocycles. The van der Waals surface area contributed by atoms with Gasteiger partial charge in [-0.15, -0.1) is 11.3 Å². The van der Waals surface area contributed by atoms with Crippen LogP contribution in [0.1, 0.15) is 38.3 Å². The number of nitrogens with zero attached hydrogens (tertiary/aromatic N) is 1. The van der Waals surface area contributed by atoms with E-state index in [0.29, 0.717) is 0 Å². The number of aromatic nitrogens is 1. The molecule has 0 saturated carbocycles. The van der Waals surface area contributed by atoms with E-state index in [-0.39, 0.29) is 11.7 Å². The average molecular weight is 199 g/mol. The summed E-state index contributed by atoms with van der Waals surface area (Å²) in [5, 5.41) is 0. The fourth-order valence-corrected chi connectivity index (χ4v) is 2.26. The van der Waals surface area contributed by atoms with E-state index in [9.17, 15) is 0 Å². The highest BCUT2D eigenvalue weighted by Gasteiger charge is 2.26. The Hall–Kier alpha value is -0.410. The summed E-state index contributed by atoms with van der Waals surface area (Å²) in [7, 11) is 0. The van der Waals surface area contributed by atoms with Crippen molar-refractivity contribution in [3.63, 3.8) is 0 Å². The van der Waals surface area contributed by atoms with E-state index >= 15 is 0 Å². The Morgan fingerprint density at radius 3 is 2.46 bits per heavy atom. The Bertz CT molecular complexity index is 278. The second-order valence-corrected chi connectivity index (χ2v) is 4.99. The van der Waals surface area contributed by atoms with Crippen molar-refractivity contribution in [2.75, 3.05) is 0 Å². The molecule has 0 saturated heterocycles. The van der Waals surface area contributed by atoms with Crippen LogP contribution in [-0.4, -0.2) is 11.1 Å². The molecule has 0 radical (unpaired) electrons. The van der Waals surface area contributed by atoms with Gasteiger partial charge in [0.25, 0.3) is 0 Å². The molecule has 0 amide bonds. The van der Waals surface area contributed by atoms with E-state index in [1.54, 1.807) is 11.3 Å². The van der Waals surface area contributed by atoms with E-state index in [4.69, 9.17) is 4.74 Å². The number of rotatable bonds is 3. The molecule has 0 spiro atoms. The van der Waals surface area contributed by atoms with E-state index in [1.165, 1.54) is 4.88 Å². The van der Waals surface area contributed by atoms with Crippen molar-refractivity contribution in [1.29, 1.82) is 0 Å². The molecule has 1 rings (SSSR count). The van der Waals surface area contributed by atoms with Gasteiger partial charge in [-0.2, -0.15) is 0 Å². The topological polar surface area (TPSA) is 22.1 Å². The Labute approximate surface area is 84.0 Å². The number of hydrogen-bond acceptors (Lipinski definition) is 3. The minimum atomic E-state index is -0.266. The highest BCUT2D eigenvalue weighted by molar-refractivity contribution is 7.09. The third-order valence-corrected chi connectivity index (χ3v) is 2.60. The largest absolute Gasteiger partial charge is 0.367 e. The maximum atomic E-state index is 5.81. The van der Waals surface area contributed by atoms with Crippen molar-refractivity contribution >= 4 is 11.3 Å². The molecule has 2 nitrogen and oxygen atoms in total. The smallest absolute Gasteiger partial charge is 0.106 e. The lowest BCUT2D eigenvalue weighted by Crippen LogP contribution is -2.26. The van der Waals surface area contributed by atoms with Crippen molar-refractivity contribution in [3.8, 4) is 0 Å². The third kappa shape index (κ3) is 2.51. The summed E-state index contributed by atoms with van der Waals surface area (Å²) < 4.78 is 5.81. The van der Waals surface area contributed by atoms with Gasteiger partial charge in [-0.3, -0.25) is 0 Å². The van der Waals surface area contributed by atoms with Crippen molar-refractivity contribution in [2.45, 2.75) is 46.3 Å². The predicted molar refractivity (Wildman–Crippen MR) is 56.1 cm³/mol. The summed E-state index contributed by atoms with van der Waals surface area (Å²) in [6.45, 7) is 10.3. The van der Waals surface area contributed by atoms with Gasteiger partial charge in [0, 0.05) is 4.88 Å². The number of thiazole rings is 1. The summed E-state index contributed by atoms with van der Waals surface area (Å²) in [6.07, 6.45) is 0.232. The minimum absolute atomic E-state index is 0.232. The Morgan fingerprint density at radius 2 is 2.08 bits per heavy atom. The molecular weight excluding hydrogens is 182 g/mol. The summed E-state index contributed by atoms with van der Waals surface area (Å²) in [4.78, 5) is 5.58. The van der Waals surface area contributed by atoms with Crippen LogP contribution < -0.4 is 0 Å². The molecule has 1 aromatic rings. The lowest BCUT2D eigenvalue weighted by atomic mass is 10.0. The van der Waals surface area contributed by atoms with Crippen LogP contribution >= 0.6 is 11.3 Å². The van der Waals surface area contributed by atoms with Crippen molar-refractivity contribution in [1.82, 2.24) is 4.98 Å². The van der Waals surface area contributed by atoms with Crippen LogP contribution in [0.15, 0.2) is 5.51 Å². The Kier molecular flexibility index (Phi) is 3.09. The van der Waals surface area contributed by atoms with Crippen LogP contribution in [0, 0.1) is 6.92 Å². The van der Waals surface area contributed by atoms with Crippen molar-refractivity contribution in [3.05, 3.63) is 16.1 Å². The minimum Gasteiger partial charge on any atom is -0.367 e. The van der Waals surface area contributed by atoms with E-state index in [0.717, 1.165) is 5.69 Å². The first-order valence-electron chi connectivity index (χ1n) is 4.52. The fraction of sp³-hybridized carbons (Fsp3) is 0.700. The normalized spacial score (nSPS) is 12.5. The highest BCUT2D eigenvalue weighted by Crippen LogP contribution is 2.29. The van der Waals surface area contributed by atoms with E-state index in [2.05, 4.69) is 25.8 Å². The molecule has 0 N–H and O–H groups in total. The standard InChI is InChI=1S/C10H17NOS/c1-7(2)12-10(4,5)9-8(3)13-6-11-9/h6-7H,1-5H3. The molecule has 1 aromatic heterocycles. The predicted octanol–water partition coefficient (Wildman–Crippen LogP) is 3.11. The first-order chi connectivity index (χ1) is 5.93. The Balaban J connectivity index is 2.87. The monoisotopic (exact) mass is 199 g/mol. The molecule has 0 bridgehead atoms. The lowest BCUT2D eigenvalue weighted by molar-refractivity contribution is -0.0627. The zero-order valence-electron chi connectivity index (χ0n) is 8.92. The van der Waals surface area contributed by atoms with Gasteiger partial charge < -0.3 is 4.74 Å². The number of ether oxygens (including phenoxy) is 1. The molecule has 13 heavy (non-hydrogen) atoms. The van der Waals surface area contributed by atoms with Crippen molar-refractivity contribution in [2.24, 2.45) is 0 Å². The van der Waals surface area contributed by atoms with Gasteiger partial charge in [-0.1, -0.05) is 0 Å². The van der Waals surface area contributed by atoms with Crippen LogP contribution in [0.25, 0.3) is 0 Å². The zero-order chi connectivity index (χ0) is 10.1. The SMILES string of the molecule is Cc1scnc1C(C)(C)OC(C)C. The van der Waals surface area contributed by atoms with Gasteiger partial charge in [0.2, 0.25) is 0 Å². The summed E-state index contributed by atoms with van der Waals surface area (Å²) in [5.41, 5.74) is 2.67. The van der Waals surface area contributed by atoms with Crippen LogP contribution in [0.2, 0.25) is 0 Å². The number of hydrogen-bond donors (Lipinski definition) is 0. The van der Waals surface area contributed by atoms with Crippen molar-refractivity contribution < 1.29 is 4.74 Å². The van der Waals surface area contributed by atoms with Gasteiger partial charge in [-0.05, 0) is 34.6 Å². The molecule has 0 unspecified atom stereocenters. The molecule has 74 valence electrons. The van der Waals surface area contributed by atoms with Gasteiger partial charge in [0.05, 0.1) is 17.3 Å². The second kappa shape index (κ2) is 3.76. The van der Waals surface area contributed by atoms with Gasteiger partial charge in [0.15, 0.2) is 0 Å². The third-order valence-electron chi connectivity index (χ3n) is 1.85. The highest BCUT2D eigenvalue weighted by atomic mass is 32.1. The molecule has 0 aliphatic heterocycles. The van der Waals surface area contributed by atoms with Crippen LogP contribution in [0.5, 0.6) is 0 Å². The molecule has 0 atom stereocenters. The first-order valence-corrected chi connectivity index (χ1v) is 5.40. The lowest BCUT2D eigenvalue weighted by Gasteiger charge is -2.26. The summed E-state index contributed by atoms with van der Waals surface area (Å²) in [6, 6.07) is 0.